The van der Waals surface area contributed by atoms with Crippen molar-refractivity contribution in [1.82, 2.24) is 0 Å². The van der Waals surface area contributed by atoms with Crippen LogP contribution in [0.5, 0.6) is 5.75 Å². The van der Waals surface area contributed by atoms with Gasteiger partial charge in [0.2, 0.25) is 0 Å². The number of fused-ring (bicyclic) bond motifs is 1. The largest absolute Gasteiger partial charge is 0.507 e. The summed E-state index contributed by atoms with van der Waals surface area (Å²) in [7, 11) is 0. The quantitative estimate of drug-likeness (QED) is 0.694. The molecule has 22 heavy (non-hydrogen) atoms. The lowest BCUT2D eigenvalue weighted by Crippen LogP contribution is -2.45. The molecule has 0 aromatic heterocycles. The van der Waals surface area contributed by atoms with Crippen LogP contribution in [0.4, 0.5) is 0 Å². The SMILES string of the molecule is CCC(N)(CC)CN.O=C(O)c1cc2ccccc2cc1O. The maximum Gasteiger partial charge on any atom is 0.339 e. The maximum atomic E-state index is 10.7. The number of carbonyl (C=O) groups is 1. The lowest BCUT2D eigenvalue weighted by molar-refractivity contribution is 0.0694. The summed E-state index contributed by atoms with van der Waals surface area (Å²) in [5.74, 6) is -1.32. The highest BCUT2D eigenvalue weighted by atomic mass is 16.4. The summed E-state index contributed by atoms with van der Waals surface area (Å²) < 4.78 is 0. The second kappa shape index (κ2) is 7.77. The van der Waals surface area contributed by atoms with Crippen molar-refractivity contribution in [2.24, 2.45) is 11.5 Å². The first-order chi connectivity index (χ1) is 10.4. The van der Waals surface area contributed by atoms with Crippen molar-refractivity contribution in [3.05, 3.63) is 42.0 Å². The molecule has 0 aliphatic carbocycles. The van der Waals surface area contributed by atoms with Crippen LogP contribution in [0.3, 0.4) is 0 Å². The average molecular weight is 304 g/mol. The molecule has 6 N–H and O–H groups in total. The molecule has 0 bridgehead atoms. The zero-order valence-corrected chi connectivity index (χ0v) is 13.0. The number of rotatable bonds is 4. The molecule has 0 aliphatic heterocycles. The Morgan fingerprint density at radius 3 is 2.00 bits per heavy atom. The molecule has 0 saturated carbocycles. The summed E-state index contributed by atoms with van der Waals surface area (Å²) in [5.41, 5.74) is 11.0. The lowest BCUT2D eigenvalue weighted by Gasteiger charge is -2.23. The lowest BCUT2D eigenvalue weighted by atomic mass is 9.95. The summed E-state index contributed by atoms with van der Waals surface area (Å²) in [6, 6.07) is 10.2. The molecule has 120 valence electrons. The van der Waals surface area contributed by atoms with Crippen molar-refractivity contribution in [1.29, 1.82) is 0 Å². The average Bonchev–Trinajstić information content (AvgIpc) is 2.53. The van der Waals surface area contributed by atoms with Gasteiger partial charge >= 0.3 is 5.97 Å². The summed E-state index contributed by atoms with van der Waals surface area (Å²) in [6.07, 6.45) is 1.94. The minimum absolute atomic E-state index is 0.0660. The molecule has 0 aliphatic rings. The second-order valence-corrected chi connectivity index (χ2v) is 5.30. The van der Waals surface area contributed by atoms with Gasteiger partial charge in [-0.2, -0.15) is 0 Å². The van der Waals surface area contributed by atoms with E-state index in [0.717, 1.165) is 23.6 Å². The predicted molar refractivity (Wildman–Crippen MR) is 89.1 cm³/mol. The molecule has 5 heteroatoms. The van der Waals surface area contributed by atoms with Crippen molar-refractivity contribution >= 4 is 16.7 Å². The van der Waals surface area contributed by atoms with Gasteiger partial charge in [0.05, 0.1) is 0 Å². The van der Waals surface area contributed by atoms with Gasteiger partial charge in [-0.3, -0.25) is 0 Å². The van der Waals surface area contributed by atoms with E-state index in [9.17, 15) is 9.90 Å². The Hall–Kier alpha value is -2.11. The van der Waals surface area contributed by atoms with E-state index in [1.807, 2.05) is 18.2 Å². The molecular formula is C17H24N2O3. The fourth-order valence-electron chi connectivity index (χ4n) is 1.94. The zero-order valence-electron chi connectivity index (χ0n) is 13.0. The maximum absolute atomic E-state index is 10.7. The van der Waals surface area contributed by atoms with Crippen LogP contribution in [0.2, 0.25) is 0 Å². The summed E-state index contributed by atoms with van der Waals surface area (Å²) >= 11 is 0. The van der Waals surface area contributed by atoms with Crippen LogP contribution >= 0.6 is 0 Å². The van der Waals surface area contributed by atoms with E-state index >= 15 is 0 Å². The van der Waals surface area contributed by atoms with Crippen LogP contribution < -0.4 is 11.5 Å². The number of aromatic hydroxyl groups is 1. The third-order valence-electron chi connectivity index (χ3n) is 3.91. The summed E-state index contributed by atoms with van der Waals surface area (Å²) in [5, 5.41) is 19.8. The van der Waals surface area contributed by atoms with E-state index in [-0.39, 0.29) is 16.9 Å². The van der Waals surface area contributed by atoms with Crippen molar-refractivity contribution < 1.29 is 15.0 Å². The number of hydrogen-bond acceptors (Lipinski definition) is 4. The Bertz CT molecular complexity index is 629. The molecule has 0 heterocycles. The standard InChI is InChI=1S/C11H8O3.C6H16N2/c12-10-6-8-4-2-1-3-7(8)5-9(10)11(13)14;1-3-6(8,4-2)5-7/h1-6,12H,(H,13,14);3-5,7-8H2,1-2H3. The summed E-state index contributed by atoms with van der Waals surface area (Å²) in [4.78, 5) is 10.7. The van der Waals surface area contributed by atoms with Crippen molar-refractivity contribution in [3.63, 3.8) is 0 Å². The topological polar surface area (TPSA) is 110 Å². The number of benzene rings is 2. The van der Waals surface area contributed by atoms with Crippen LogP contribution in [-0.4, -0.2) is 28.3 Å². The molecule has 0 saturated heterocycles. The highest BCUT2D eigenvalue weighted by molar-refractivity contribution is 5.97. The Morgan fingerprint density at radius 1 is 1.14 bits per heavy atom. The number of hydrogen-bond donors (Lipinski definition) is 4. The first-order valence-electron chi connectivity index (χ1n) is 7.31. The van der Waals surface area contributed by atoms with Crippen LogP contribution in [0.15, 0.2) is 36.4 Å². The van der Waals surface area contributed by atoms with Gasteiger partial charge in [-0.1, -0.05) is 38.1 Å². The fourth-order valence-corrected chi connectivity index (χ4v) is 1.94. The zero-order chi connectivity index (χ0) is 16.8. The third-order valence-corrected chi connectivity index (χ3v) is 3.91. The Balaban J connectivity index is 0.000000261. The predicted octanol–water partition coefficient (Wildman–Crippen LogP) is 2.71. The van der Waals surface area contributed by atoms with Crippen molar-refractivity contribution in [2.45, 2.75) is 32.2 Å². The van der Waals surface area contributed by atoms with E-state index in [1.165, 1.54) is 12.1 Å². The van der Waals surface area contributed by atoms with Gasteiger partial charge < -0.3 is 21.7 Å². The highest BCUT2D eigenvalue weighted by Gasteiger charge is 2.16. The van der Waals surface area contributed by atoms with Gasteiger partial charge in [0.25, 0.3) is 0 Å². The van der Waals surface area contributed by atoms with Crippen molar-refractivity contribution in [2.75, 3.05) is 6.54 Å². The molecule has 2 aromatic rings. The normalized spacial score (nSPS) is 10.9. The van der Waals surface area contributed by atoms with E-state index in [1.54, 1.807) is 6.07 Å². The minimum Gasteiger partial charge on any atom is -0.507 e. The Morgan fingerprint density at radius 2 is 1.64 bits per heavy atom. The summed E-state index contributed by atoms with van der Waals surface area (Å²) in [6.45, 7) is 4.73. The number of phenols is 1. The molecule has 0 amide bonds. The Labute approximate surface area is 130 Å². The fraction of sp³-hybridized carbons (Fsp3) is 0.353. The second-order valence-electron chi connectivity index (χ2n) is 5.30. The smallest absolute Gasteiger partial charge is 0.339 e. The van der Waals surface area contributed by atoms with Crippen LogP contribution in [0.25, 0.3) is 10.8 Å². The van der Waals surface area contributed by atoms with Crippen LogP contribution in [0, 0.1) is 0 Å². The van der Waals surface area contributed by atoms with E-state index in [2.05, 4.69) is 13.8 Å². The minimum atomic E-state index is -1.12. The molecule has 2 aromatic carbocycles. The number of carboxylic acids is 1. The molecule has 0 fully saturated rings. The number of nitrogens with two attached hydrogens (primary N) is 2. The molecule has 2 rings (SSSR count). The highest BCUT2D eigenvalue weighted by Crippen LogP contribution is 2.24. The van der Waals surface area contributed by atoms with Gasteiger partial charge in [0.1, 0.15) is 11.3 Å². The van der Waals surface area contributed by atoms with E-state index in [4.69, 9.17) is 16.6 Å². The number of carboxylic acid groups (broad SMARTS) is 1. The van der Waals surface area contributed by atoms with Gasteiger partial charge in [0, 0.05) is 12.1 Å². The van der Waals surface area contributed by atoms with Gasteiger partial charge in [0.15, 0.2) is 0 Å². The first-order valence-corrected chi connectivity index (χ1v) is 7.31. The monoisotopic (exact) mass is 304 g/mol. The van der Waals surface area contributed by atoms with Gasteiger partial charge in [-0.15, -0.1) is 0 Å². The van der Waals surface area contributed by atoms with Crippen LogP contribution in [0.1, 0.15) is 37.0 Å². The number of aromatic carboxylic acids is 1. The third kappa shape index (κ3) is 4.44. The molecule has 0 atom stereocenters. The molecule has 5 nitrogen and oxygen atoms in total. The molecule has 0 unspecified atom stereocenters. The molecular weight excluding hydrogens is 280 g/mol. The molecule has 0 spiro atoms. The van der Waals surface area contributed by atoms with Crippen LogP contribution in [-0.2, 0) is 0 Å². The Kier molecular flexibility index (Phi) is 6.34. The van der Waals surface area contributed by atoms with Gasteiger partial charge in [-0.25, -0.2) is 4.79 Å². The molecule has 0 radical (unpaired) electrons. The van der Waals surface area contributed by atoms with Crippen molar-refractivity contribution in [3.8, 4) is 5.75 Å². The first kappa shape index (κ1) is 17.9. The van der Waals surface area contributed by atoms with Gasteiger partial charge in [-0.05, 0) is 35.7 Å². The van der Waals surface area contributed by atoms with E-state index in [0.29, 0.717) is 6.54 Å². The van der Waals surface area contributed by atoms with E-state index < -0.39 is 5.97 Å².